The number of anilines is 1. The Labute approximate surface area is 75.7 Å². The highest BCUT2D eigenvalue weighted by Crippen LogP contribution is 2.17. The van der Waals surface area contributed by atoms with E-state index in [9.17, 15) is 9.18 Å². The molecule has 0 saturated carbocycles. The largest absolute Gasteiger partial charge is 0.326 e. The van der Waals surface area contributed by atoms with Crippen LogP contribution in [-0.4, -0.2) is 5.91 Å². The zero-order chi connectivity index (χ0) is 9.84. The van der Waals surface area contributed by atoms with Gasteiger partial charge in [0.2, 0.25) is 5.91 Å². The molecular formula is C9H11FN2O. The molecule has 0 radical (unpaired) electrons. The van der Waals surface area contributed by atoms with Gasteiger partial charge in [-0.3, -0.25) is 4.79 Å². The van der Waals surface area contributed by atoms with Gasteiger partial charge in [0.1, 0.15) is 5.82 Å². The summed E-state index contributed by atoms with van der Waals surface area (Å²) in [5, 5.41) is 2.51. The number of carbonyl (C=O) groups is 1. The van der Waals surface area contributed by atoms with Crippen molar-refractivity contribution in [2.75, 3.05) is 5.32 Å². The fourth-order valence-corrected chi connectivity index (χ4v) is 1.07. The maximum absolute atomic E-state index is 13.1. The van der Waals surface area contributed by atoms with E-state index in [4.69, 9.17) is 5.73 Å². The Bertz CT molecular complexity index is 325. The van der Waals surface area contributed by atoms with E-state index in [1.807, 2.05) is 0 Å². The van der Waals surface area contributed by atoms with Gasteiger partial charge in [0.05, 0.1) is 0 Å². The van der Waals surface area contributed by atoms with Crippen LogP contribution in [0.15, 0.2) is 18.2 Å². The Kier molecular flexibility index (Phi) is 2.97. The van der Waals surface area contributed by atoms with Gasteiger partial charge in [0.15, 0.2) is 0 Å². The van der Waals surface area contributed by atoms with Crippen molar-refractivity contribution >= 4 is 11.6 Å². The molecule has 0 bridgehead atoms. The van der Waals surface area contributed by atoms with Crippen molar-refractivity contribution in [2.24, 2.45) is 5.73 Å². The molecule has 0 saturated heterocycles. The quantitative estimate of drug-likeness (QED) is 0.723. The number of hydrogen-bond donors (Lipinski definition) is 2. The van der Waals surface area contributed by atoms with Crippen molar-refractivity contribution in [2.45, 2.75) is 13.5 Å². The van der Waals surface area contributed by atoms with Crippen LogP contribution in [0, 0.1) is 5.82 Å². The van der Waals surface area contributed by atoms with Gasteiger partial charge < -0.3 is 11.1 Å². The third-order valence-corrected chi connectivity index (χ3v) is 1.63. The van der Waals surface area contributed by atoms with E-state index in [1.165, 1.54) is 19.1 Å². The summed E-state index contributed by atoms with van der Waals surface area (Å²) >= 11 is 0. The van der Waals surface area contributed by atoms with E-state index in [2.05, 4.69) is 5.32 Å². The first kappa shape index (κ1) is 9.67. The van der Waals surface area contributed by atoms with E-state index in [1.54, 1.807) is 6.07 Å². The maximum atomic E-state index is 13.1. The van der Waals surface area contributed by atoms with E-state index < -0.39 is 5.82 Å². The lowest BCUT2D eigenvalue weighted by atomic mass is 10.1. The standard InChI is InChI=1S/C9H11FN2O/c1-6(13)12-9-4-2-3-8(10)7(9)5-11/h2-4H,5,11H2,1H3,(H,12,13). The summed E-state index contributed by atoms with van der Waals surface area (Å²) in [4.78, 5) is 10.7. The summed E-state index contributed by atoms with van der Waals surface area (Å²) in [6.45, 7) is 1.44. The topological polar surface area (TPSA) is 55.1 Å². The molecule has 0 aliphatic rings. The number of benzene rings is 1. The van der Waals surface area contributed by atoms with E-state index >= 15 is 0 Å². The van der Waals surface area contributed by atoms with Crippen LogP contribution in [0.1, 0.15) is 12.5 Å². The molecular weight excluding hydrogens is 171 g/mol. The number of amides is 1. The normalized spacial score (nSPS) is 9.77. The molecule has 0 aromatic heterocycles. The first-order valence-corrected chi connectivity index (χ1v) is 3.90. The molecule has 0 aliphatic carbocycles. The number of nitrogens with two attached hydrogens (primary N) is 1. The summed E-state index contributed by atoms with van der Waals surface area (Å²) in [7, 11) is 0. The first-order valence-electron chi connectivity index (χ1n) is 3.90. The third-order valence-electron chi connectivity index (χ3n) is 1.63. The molecule has 1 aromatic rings. The lowest BCUT2D eigenvalue weighted by Gasteiger charge is -2.08. The minimum absolute atomic E-state index is 0.0717. The first-order chi connectivity index (χ1) is 6.15. The van der Waals surface area contributed by atoms with Crippen molar-refractivity contribution in [1.29, 1.82) is 0 Å². The van der Waals surface area contributed by atoms with Crippen molar-refractivity contribution in [1.82, 2.24) is 0 Å². The molecule has 3 nitrogen and oxygen atoms in total. The van der Waals surface area contributed by atoms with Crippen LogP contribution in [0.2, 0.25) is 0 Å². The predicted octanol–water partition coefficient (Wildman–Crippen LogP) is 1.24. The Morgan fingerprint density at radius 1 is 1.62 bits per heavy atom. The molecule has 70 valence electrons. The van der Waals surface area contributed by atoms with Crippen LogP contribution in [0.25, 0.3) is 0 Å². The molecule has 1 rings (SSSR count). The van der Waals surface area contributed by atoms with Crippen molar-refractivity contribution in [3.8, 4) is 0 Å². The van der Waals surface area contributed by atoms with Gasteiger partial charge in [0, 0.05) is 24.7 Å². The number of hydrogen-bond acceptors (Lipinski definition) is 2. The minimum atomic E-state index is -0.395. The molecule has 0 unspecified atom stereocenters. The summed E-state index contributed by atoms with van der Waals surface area (Å²) in [6.07, 6.45) is 0. The van der Waals surface area contributed by atoms with Gasteiger partial charge in [-0.15, -0.1) is 0 Å². The van der Waals surface area contributed by atoms with Gasteiger partial charge >= 0.3 is 0 Å². The number of carbonyl (C=O) groups excluding carboxylic acids is 1. The van der Waals surface area contributed by atoms with Crippen LogP contribution in [-0.2, 0) is 11.3 Å². The van der Waals surface area contributed by atoms with Crippen LogP contribution < -0.4 is 11.1 Å². The van der Waals surface area contributed by atoms with Gasteiger partial charge in [-0.25, -0.2) is 4.39 Å². The van der Waals surface area contributed by atoms with Crippen molar-refractivity contribution in [3.63, 3.8) is 0 Å². The summed E-state index contributed by atoms with van der Waals surface area (Å²) in [6, 6.07) is 4.46. The predicted molar refractivity (Wildman–Crippen MR) is 48.6 cm³/mol. The molecule has 3 N–H and O–H groups in total. The number of rotatable bonds is 2. The van der Waals surface area contributed by atoms with Gasteiger partial charge in [0.25, 0.3) is 0 Å². The molecule has 13 heavy (non-hydrogen) atoms. The zero-order valence-corrected chi connectivity index (χ0v) is 7.30. The van der Waals surface area contributed by atoms with Crippen LogP contribution in [0.3, 0.4) is 0 Å². The average Bonchev–Trinajstić information content (AvgIpc) is 2.03. The van der Waals surface area contributed by atoms with E-state index in [0.29, 0.717) is 11.3 Å². The Hall–Kier alpha value is -1.42. The van der Waals surface area contributed by atoms with E-state index in [-0.39, 0.29) is 12.5 Å². The molecule has 1 aromatic carbocycles. The lowest BCUT2D eigenvalue weighted by molar-refractivity contribution is -0.114. The monoisotopic (exact) mass is 182 g/mol. The van der Waals surface area contributed by atoms with Crippen LogP contribution in [0.5, 0.6) is 0 Å². The summed E-state index contributed by atoms with van der Waals surface area (Å²) < 4.78 is 13.1. The van der Waals surface area contributed by atoms with Crippen LogP contribution in [0.4, 0.5) is 10.1 Å². The maximum Gasteiger partial charge on any atom is 0.221 e. The fraction of sp³-hybridized carbons (Fsp3) is 0.222. The highest BCUT2D eigenvalue weighted by Gasteiger charge is 2.06. The molecule has 1 amide bonds. The van der Waals surface area contributed by atoms with Gasteiger partial charge in [-0.1, -0.05) is 6.07 Å². The average molecular weight is 182 g/mol. The number of halogens is 1. The Balaban J connectivity index is 3.05. The zero-order valence-electron chi connectivity index (χ0n) is 7.30. The summed E-state index contributed by atoms with van der Waals surface area (Å²) in [5.74, 6) is -0.631. The fourth-order valence-electron chi connectivity index (χ4n) is 1.07. The smallest absolute Gasteiger partial charge is 0.221 e. The van der Waals surface area contributed by atoms with Gasteiger partial charge in [-0.05, 0) is 12.1 Å². The van der Waals surface area contributed by atoms with Crippen molar-refractivity contribution < 1.29 is 9.18 Å². The third kappa shape index (κ3) is 2.26. The van der Waals surface area contributed by atoms with Gasteiger partial charge in [-0.2, -0.15) is 0 Å². The van der Waals surface area contributed by atoms with Crippen molar-refractivity contribution in [3.05, 3.63) is 29.6 Å². The minimum Gasteiger partial charge on any atom is -0.326 e. The molecule has 0 aliphatic heterocycles. The molecule has 0 atom stereocenters. The Morgan fingerprint density at radius 2 is 2.31 bits per heavy atom. The molecule has 4 heteroatoms. The SMILES string of the molecule is CC(=O)Nc1cccc(F)c1CN. The second-order valence-corrected chi connectivity index (χ2v) is 2.65. The lowest BCUT2D eigenvalue weighted by Crippen LogP contribution is -2.11. The molecule has 0 heterocycles. The number of nitrogens with one attached hydrogen (secondary N) is 1. The van der Waals surface area contributed by atoms with E-state index in [0.717, 1.165) is 0 Å². The molecule has 0 spiro atoms. The van der Waals surface area contributed by atoms with Crippen LogP contribution >= 0.6 is 0 Å². The Morgan fingerprint density at radius 3 is 2.85 bits per heavy atom. The molecule has 0 fully saturated rings. The second-order valence-electron chi connectivity index (χ2n) is 2.65. The second kappa shape index (κ2) is 4.00. The highest BCUT2D eigenvalue weighted by atomic mass is 19.1. The highest BCUT2D eigenvalue weighted by molar-refractivity contribution is 5.89. The summed E-state index contributed by atoms with van der Waals surface area (Å²) in [5.41, 5.74) is 6.11.